The summed E-state index contributed by atoms with van der Waals surface area (Å²) in [7, 11) is 0. The lowest BCUT2D eigenvalue weighted by atomic mass is 10.2. The average molecular weight is 386 g/mol. The van der Waals surface area contributed by atoms with Crippen LogP contribution in [0.25, 0.3) is 0 Å². The van der Waals surface area contributed by atoms with Crippen LogP contribution in [-0.4, -0.2) is 30.8 Å². The summed E-state index contributed by atoms with van der Waals surface area (Å²) in [5, 5.41) is 5.85. The van der Waals surface area contributed by atoms with Crippen LogP contribution in [0.2, 0.25) is 0 Å². The molecule has 2 aromatic carbocycles. The van der Waals surface area contributed by atoms with Gasteiger partial charge >= 0.3 is 0 Å². The van der Waals surface area contributed by atoms with Crippen LogP contribution < -0.4 is 24.8 Å². The number of amides is 1. The van der Waals surface area contributed by atoms with Gasteiger partial charge in [0.25, 0.3) is 5.91 Å². The van der Waals surface area contributed by atoms with Crippen molar-refractivity contribution >= 4 is 28.9 Å². The highest BCUT2D eigenvalue weighted by Crippen LogP contribution is 2.32. The maximum atomic E-state index is 12.4. The lowest BCUT2D eigenvalue weighted by Gasteiger charge is -2.19. The van der Waals surface area contributed by atoms with Crippen molar-refractivity contribution in [2.45, 2.75) is 13.8 Å². The van der Waals surface area contributed by atoms with Gasteiger partial charge in [-0.25, -0.2) is 0 Å². The number of rotatable bonds is 5. The number of benzene rings is 2. The van der Waals surface area contributed by atoms with E-state index in [0.717, 1.165) is 0 Å². The van der Waals surface area contributed by atoms with Crippen LogP contribution >= 0.6 is 12.2 Å². The second-order valence-corrected chi connectivity index (χ2v) is 6.91. The lowest BCUT2D eigenvalue weighted by Crippen LogP contribution is -2.34. The van der Waals surface area contributed by atoms with E-state index in [0.29, 0.717) is 54.2 Å². The van der Waals surface area contributed by atoms with Crippen LogP contribution in [0.15, 0.2) is 42.5 Å². The second kappa shape index (κ2) is 8.73. The number of hydrogen-bond donors (Lipinski definition) is 2. The van der Waals surface area contributed by atoms with Crippen molar-refractivity contribution in [2.75, 3.05) is 25.1 Å². The second-order valence-electron chi connectivity index (χ2n) is 6.50. The molecule has 0 bridgehead atoms. The first kappa shape index (κ1) is 19.0. The summed E-state index contributed by atoms with van der Waals surface area (Å²) in [4.78, 5) is 12.4. The number of fused-ring (bicyclic) bond motifs is 1. The molecule has 0 radical (unpaired) electrons. The van der Waals surface area contributed by atoms with E-state index in [1.165, 1.54) is 0 Å². The topological polar surface area (TPSA) is 68.8 Å². The predicted molar refractivity (Wildman–Crippen MR) is 108 cm³/mol. The smallest absolute Gasteiger partial charge is 0.257 e. The van der Waals surface area contributed by atoms with Crippen LogP contribution in [0.5, 0.6) is 17.2 Å². The first-order valence-electron chi connectivity index (χ1n) is 8.76. The largest absolute Gasteiger partial charge is 0.493 e. The van der Waals surface area contributed by atoms with Crippen LogP contribution in [0.3, 0.4) is 0 Å². The van der Waals surface area contributed by atoms with Crippen LogP contribution in [0.4, 0.5) is 5.69 Å². The molecule has 2 aromatic rings. The van der Waals surface area contributed by atoms with Crippen molar-refractivity contribution in [3.63, 3.8) is 0 Å². The summed E-state index contributed by atoms with van der Waals surface area (Å²) in [6.45, 7) is 5.77. The van der Waals surface area contributed by atoms with E-state index in [1.807, 2.05) is 12.1 Å². The van der Waals surface area contributed by atoms with Gasteiger partial charge in [-0.2, -0.15) is 0 Å². The molecule has 0 fully saturated rings. The Bertz CT molecular complexity index is 838. The Morgan fingerprint density at radius 1 is 1.15 bits per heavy atom. The quantitative estimate of drug-likeness (QED) is 0.765. The van der Waals surface area contributed by atoms with E-state index < -0.39 is 0 Å². The predicted octanol–water partition coefficient (Wildman–Crippen LogP) is 3.62. The molecule has 0 saturated heterocycles. The zero-order valence-electron chi connectivity index (χ0n) is 15.3. The lowest BCUT2D eigenvalue weighted by molar-refractivity contribution is 0.0977. The minimum absolute atomic E-state index is 0.199. The molecule has 1 aliphatic heterocycles. The molecule has 7 heteroatoms. The molecule has 1 heterocycles. The van der Waals surface area contributed by atoms with Gasteiger partial charge in [-0.3, -0.25) is 10.1 Å². The molecule has 1 aliphatic rings. The van der Waals surface area contributed by atoms with E-state index >= 15 is 0 Å². The third-order valence-corrected chi connectivity index (χ3v) is 3.91. The average Bonchev–Trinajstić information content (AvgIpc) is 2.66. The van der Waals surface area contributed by atoms with Crippen LogP contribution in [-0.2, 0) is 0 Å². The van der Waals surface area contributed by atoms with E-state index in [-0.39, 0.29) is 11.0 Å². The molecule has 0 aliphatic carbocycles. The number of carbonyl (C=O) groups excluding carboxylic acids is 1. The standard InChI is InChI=1S/C20H22N2O4S/c1-13(2)12-26-16-5-3-4-14(10-16)19(23)22-20(27)21-15-6-7-17-18(11-15)25-9-8-24-17/h3-7,10-11,13H,8-9,12H2,1-2H3,(H2,21,22,23,27). The summed E-state index contributed by atoms with van der Waals surface area (Å²) < 4.78 is 16.7. The number of anilines is 1. The highest BCUT2D eigenvalue weighted by Gasteiger charge is 2.13. The molecule has 0 spiro atoms. The van der Waals surface area contributed by atoms with E-state index in [1.54, 1.807) is 30.3 Å². The molecule has 27 heavy (non-hydrogen) atoms. The van der Waals surface area contributed by atoms with Gasteiger partial charge in [-0.05, 0) is 48.5 Å². The first-order valence-corrected chi connectivity index (χ1v) is 9.17. The van der Waals surface area contributed by atoms with E-state index in [2.05, 4.69) is 24.5 Å². The van der Waals surface area contributed by atoms with Gasteiger partial charge in [0.1, 0.15) is 19.0 Å². The molecule has 0 aromatic heterocycles. The molecular formula is C20H22N2O4S. The molecule has 6 nitrogen and oxygen atoms in total. The van der Waals surface area contributed by atoms with Gasteiger partial charge < -0.3 is 19.5 Å². The van der Waals surface area contributed by atoms with Crippen molar-refractivity contribution in [1.82, 2.24) is 5.32 Å². The van der Waals surface area contributed by atoms with Crippen LogP contribution in [0, 0.1) is 5.92 Å². The van der Waals surface area contributed by atoms with Gasteiger partial charge in [-0.1, -0.05) is 19.9 Å². The number of thiocarbonyl (C=S) groups is 1. The van der Waals surface area contributed by atoms with Gasteiger partial charge in [0.15, 0.2) is 16.6 Å². The summed E-state index contributed by atoms with van der Waals surface area (Å²) in [6.07, 6.45) is 0. The molecule has 1 amide bonds. The van der Waals surface area contributed by atoms with Gasteiger partial charge in [-0.15, -0.1) is 0 Å². The molecule has 142 valence electrons. The number of ether oxygens (including phenoxy) is 3. The highest BCUT2D eigenvalue weighted by molar-refractivity contribution is 7.80. The summed E-state index contributed by atoms with van der Waals surface area (Å²) >= 11 is 5.24. The van der Waals surface area contributed by atoms with E-state index in [9.17, 15) is 4.79 Å². The minimum atomic E-state index is -0.306. The van der Waals surface area contributed by atoms with Crippen molar-refractivity contribution in [2.24, 2.45) is 5.92 Å². The Morgan fingerprint density at radius 3 is 2.70 bits per heavy atom. The highest BCUT2D eigenvalue weighted by atomic mass is 32.1. The Kier molecular flexibility index (Phi) is 6.13. The third kappa shape index (κ3) is 5.34. The Labute approximate surface area is 163 Å². The molecular weight excluding hydrogens is 364 g/mol. The SMILES string of the molecule is CC(C)COc1cccc(C(=O)NC(=S)Nc2ccc3c(c2)OCCO3)c1. The van der Waals surface area contributed by atoms with Crippen molar-refractivity contribution in [3.8, 4) is 17.2 Å². The Morgan fingerprint density at radius 2 is 1.93 bits per heavy atom. The number of carbonyl (C=O) groups is 1. The third-order valence-electron chi connectivity index (χ3n) is 3.71. The fourth-order valence-corrected chi connectivity index (χ4v) is 2.66. The monoisotopic (exact) mass is 386 g/mol. The summed E-state index contributed by atoms with van der Waals surface area (Å²) in [5.74, 6) is 2.10. The van der Waals surface area contributed by atoms with E-state index in [4.69, 9.17) is 26.4 Å². The van der Waals surface area contributed by atoms with Gasteiger partial charge in [0.05, 0.1) is 6.61 Å². The first-order chi connectivity index (χ1) is 13.0. The summed E-state index contributed by atoms with van der Waals surface area (Å²) in [5.41, 5.74) is 1.18. The maximum Gasteiger partial charge on any atom is 0.257 e. The zero-order chi connectivity index (χ0) is 19.2. The Hall–Kier alpha value is -2.80. The fourth-order valence-electron chi connectivity index (χ4n) is 2.45. The molecule has 0 atom stereocenters. The van der Waals surface area contributed by atoms with Crippen LogP contribution in [0.1, 0.15) is 24.2 Å². The molecule has 0 saturated carbocycles. The van der Waals surface area contributed by atoms with Crippen molar-refractivity contribution in [1.29, 1.82) is 0 Å². The molecule has 0 unspecified atom stereocenters. The molecule has 2 N–H and O–H groups in total. The normalized spacial score (nSPS) is 12.4. The maximum absolute atomic E-state index is 12.4. The Balaban J connectivity index is 1.59. The summed E-state index contributed by atoms with van der Waals surface area (Å²) in [6, 6.07) is 12.4. The number of hydrogen-bond acceptors (Lipinski definition) is 5. The van der Waals surface area contributed by atoms with Crippen molar-refractivity contribution in [3.05, 3.63) is 48.0 Å². The number of nitrogens with one attached hydrogen (secondary N) is 2. The fraction of sp³-hybridized carbons (Fsp3) is 0.300. The molecule has 3 rings (SSSR count). The van der Waals surface area contributed by atoms with Gasteiger partial charge in [0, 0.05) is 17.3 Å². The minimum Gasteiger partial charge on any atom is -0.493 e. The zero-order valence-corrected chi connectivity index (χ0v) is 16.1. The van der Waals surface area contributed by atoms with Gasteiger partial charge in [0.2, 0.25) is 0 Å². The van der Waals surface area contributed by atoms with Crippen molar-refractivity contribution < 1.29 is 19.0 Å².